The van der Waals surface area contributed by atoms with Gasteiger partial charge >= 0.3 is 5.97 Å². The van der Waals surface area contributed by atoms with Crippen molar-refractivity contribution in [1.29, 1.82) is 0 Å². The Balaban J connectivity index is 1.75. The summed E-state index contributed by atoms with van der Waals surface area (Å²) in [4.78, 5) is 27.8. The fraction of sp³-hybridized carbons (Fsp3) is 0.481. The Bertz CT molecular complexity index is 1340. The Morgan fingerprint density at radius 1 is 1.14 bits per heavy atom. The van der Waals surface area contributed by atoms with Crippen LogP contribution in [0.25, 0.3) is 0 Å². The Labute approximate surface area is 221 Å². The van der Waals surface area contributed by atoms with Crippen LogP contribution >= 0.6 is 11.3 Å². The van der Waals surface area contributed by atoms with Crippen LogP contribution < -0.4 is 4.90 Å². The second-order valence-electron chi connectivity index (χ2n) is 10.6. The average Bonchev–Trinajstić information content (AvgIpc) is 3.27. The molecule has 1 atom stereocenters. The molecule has 1 saturated heterocycles. The van der Waals surface area contributed by atoms with E-state index in [-0.39, 0.29) is 33.3 Å². The number of nitrogens with zero attached hydrogens (tertiary/aromatic N) is 2. The smallest absolute Gasteiger partial charge is 0.348 e. The van der Waals surface area contributed by atoms with E-state index in [1.54, 1.807) is 6.07 Å². The molecular weight excluding hydrogens is 515 g/mol. The van der Waals surface area contributed by atoms with E-state index in [1.165, 1.54) is 17.0 Å². The summed E-state index contributed by atoms with van der Waals surface area (Å²) in [6, 6.07) is 5.66. The van der Waals surface area contributed by atoms with Gasteiger partial charge in [0.2, 0.25) is 15.9 Å². The third-order valence-corrected chi connectivity index (χ3v) is 9.53. The van der Waals surface area contributed by atoms with Gasteiger partial charge in [0.1, 0.15) is 10.7 Å². The Morgan fingerprint density at radius 2 is 1.78 bits per heavy atom. The zero-order valence-corrected chi connectivity index (χ0v) is 22.8. The molecule has 1 saturated carbocycles. The van der Waals surface area contributed by atoms with Gasteiger partial charge in [-0.05, 0) is 69.9 Å². The summed E-state index contributed by atoms with van der Waals surface area (Å²) >= 11 is 1.02. The molecule has 1 aliphatic heterocycles. The molecule has 1 N–H and O–H groups in total. The van der Waals surface area contributed by atoms with E-state index in [9.17, 15) is 27.5 Å². The largest absolute Gasteiger partial charge is 0.477 e. The number of amides is 1. The minimum atomic E-state index is -4.05. The number of anilines is 1. The molecule has 1 unspecified atom stereocenters. The lowest BCUT2D eigenvalue weighted by atomic mass is 9.82. The summed E-state index contributed by atoms with van der Waals surface area (Å²) < 4.78 is 41.4. The van der Waals surface area contributed by atoms with E-state index in [0.29, 0.717) is 4.88 Å². The number of carbonyl (C=O) groups is 2. The maximum absolute atomic E-state index is 13.6. The molecule has 0 radical (unpaired) electrons. The van der Waals surface area contributed by atoms with Crippen LogP contribution in [0.3, 0.4) is 0 Å². The molecule has 1 amide bonds. The summed E-state index contributed by atoms with van der Waals surface area (Å²) in [7, 11) is -4.05. The average molecular weight is 547 g/mol. The van der Waals surface area contributed by atoms with Gasteiger partial charge in [0.15, 0.2) is 0 Å². The van der Waals surface area contributed by atoms with E-state index >= 15 is 0 Å². The number of piperazine rings is 1. The number of carboxylic acid groups (broad SMARTS) is 1. The highest BCUT2D eigenvalue weighted by molar-refractivity contribution is 7.89. The molecule has 4 rings (SSSR count). The molecule has 2 heterocycles. The van der Waals surface area contributed by atoms with Crippen LogP contribution in [0, 0.1) is 29.0 Å². The Morgan fingerprint density at radius 3 is 2.38 bits per heavy atom. The molecule has 1 aliphatic carbocycles. The number of benzene rings is 1. The van der Waals surface area contributed by atoms with Gasteiger partial charge in [0, 0.05) is 12.0 Å². The molecule has 198 valence electrons. The van der Waals surface area contributed by atoms with Crippen molar-refractivity contribution in [2.75, 3.05) is 18.0 Å². The molecule has 0 spiro atoms. The second kappa shape index (κ2) is 10.6. The molecule has 7 nitrogen and oxygen atoms in total. The van der Waals surface area contributed by atoms with Gasteiger partial charge in [-0.25, -0.2) is 17.6 Å². The van der Waals surface area contributed by atoms with Crippen LogP contribution in [0.4, 0.5) is 10.1 Å². The fourth-order valence-electron chi connectivity index (χ4n) is 4.92. The molecule has 2 aromatic rings. The predicted octanol–water partition coefficient (Wildman–Crippen LogP) is 4.97. The van der Waals surface area contributed by atoms with Gasteiger partial charge < -0.3 is 10.0 Å². The third kappa shape index (κ3) is 6.06. The van der Waals surface area contributed by atoms with Gasteiger partial charge in [0.25, 0.3) is 0 Å². The van der Waals surface area contributed by atoms with Gasteiger partial charge in [-0.1, -0.05) is 31.1 Å². The number of halogens is 1. The summed E-state index contributed by atoms with van der Waals surface area (Å²) in [6.45, 7) is 5.47. The lowest BCUT2D eigenvalue weighted by molar-refractivity contribution is -0.121. The maximum Gasteiger partial charge on any atom is 0.348 e. The first kappa shape index (κ1) is 27.3. The molecule has 37 heavy (non-hydrogen) atoms. The van der Waals surface area contributed by atoms with Gasteiger partial charge in [-0.3, -0.25) is 4.79 Å². The van der Waals surface area contributed by atoms with Crippen LogP contribution in [0.1, 0.15) is 67.4 Å². The zero-order valence-electron chi connectivity index (χ0n) is 21.2. The van der Waals surface area contributed by atoms with E-state index in [0.717, 1.165) is 59.9 Å². The molecule has 1 aromatic heterocycles. The number of sulfonamides is 1. The number of hydrogen-bond acceptors (Lipinski definition) is 5. The molecule has 1 aromatic carbocycles. The van der Waals surface area contributed by atoms with Crippen molar-refractivity contribution in [3.8, 4) is 11.8 Å². The molecule has 0 bridgehead atoms. The van der Waals surface area contributed by atoms with Crippen molar-refractivity contribution >= 4 is 38.9 Å². The molecule has 2 aliphatic rings. The third-order valence-electron chi connectivity index (χ3n) is 6.67. The predicted molar refractivity (Wildman–Crippen MR) is 141 cm³/mol. The first-order chi connectivity index (χ1) is 17.4. The number of aromatic carboxylic acids is 1. The SMILES string of the molecule is CC(C)(C)C#Cc1cc(N2C(=O)CN(S(=O)(=O)c3ccc(F)cc3)CC2C2CCCCC2)c(C(=O)O)s1. The van der Waals surface area contributed by atoms with Crippen molar-refractivity contribution < 1.29 is 27.5 Å². The van der Waals surface area contributed by atoms with Crippen molar-refractivity contribution in [2.24, 2.45) is 11.3 Å². The van der Waals surface area contributed by atoms with E-state index < -0.39 is 40.3 Å². The van der Waals surface area contributed by atoms with E-state index in [1.807, 2.05) is 20.8 Å². The van der Waals surface area contributed by atoms with Gasteiger partial charge in [-0.15, -0.1) is 11.3 Å². The number of carbonyl (C=O) groups excluding carboxylic acids is 1. The maximum atomic E-state index is 13.6. The van der Waals surface area contributed by atoms with Crippen LogP contribution in [-0.4, -0.2) is 48.8 Å². The van der Waals surface area contributed by atoms with Crippen molar-refractivity contribution in [2.45, 2.75) is 63.8 Å². The topological polar surface area (TPSA) is 95.0 Å². The second-order valence-corrected chi connectivity index (χ2v) is 13.6. The first-order valence-corrected chi connectivity index (χ1v) is 14.6. The lowest BCUT2D eigenvalue weighted by Crippen LogP contribution is -2.60. The van der Waals surface area contributed by atoms with E-state index in [2.05, 4.69) is 11.8 Å². The van der Waals surface area contributed by atoms with Crippen molar-refractivity contribution in [3.05, 3.63) is 45.9 Å². The summed E-state index contributed by atoms with van der Waals surface area (Å²) in [6.07, 6.45) is 4.64. The monoisotopic (exact) mass is 546 g/mol. The first-order valence-electron chi connectivity index (χ1n) is 12.3. The van der Waals surface area contributed by atoms with Crippen molar-refractivity contribution in [3.63, 3.8) is 0 Å². The summed E-state index contributed by atoms with van der Waals surface area (Å²) in [5, 5.41) is 9.96. The normalized spacial score (nSPS) is 19.9. The Hall–Kier alpha value is -2.74. The highest BCUT2D eigenvalue weighted by Crippen LogP contribution is 2.39. The fourth-order valence-corrected chi connectivity index (χ4v) is 7.17. The van der Waals surface area contributed by atoms with Crippen molar-refractivity contribution in [1.82, 2.24) is 4.31 Å². The van der Waals surface area contributed by atoms with Gasteiger partial charge in [-0.2, -0.15) is 4.31 Å². The summed E-state index contributed by atoms with van der Waals surface area (Å²) in [5.41, 5.74) is -0.0101. The van der Waals surface area contributed by atoms with Gasteiger partial charge in [0.05, 0.1) is 28.0 Å². The number of rotatable bonds is 5. The van der Waals surface area contributed by atoms with Crippen LogP contribution in [0.5, 0.6) is 0 Å². The zero-order chi connectivity index (χ0) is 27.0. The number of carboxylic acids is 1. The highest BCUT2D eigenvalue weighted by Gasteiger charge is 2.44. The van der Waals surface area contributed by atoms with Crippen LogP contribution in [-0.2, 0) is 14.8 Å². The minimum absolute atomic E-state index is 0.0159. The van der Waals surface area contributed by atoms with Crippen LogP contribution in [0.15, 0.2) is 35.2 Å². The van der Waals surface area contributed by atoms with Crippen LogP contribution in [0.2, 0.25) is 0 Å². The molecular formula is C27H31FN2O5S2. The Kier molecular flexibility index (Phi) is 7.79. The minimum Gasteiger partial charge on any atom is -0.477 e. The highest BCUT2D eigenvalue weighted by atomic mass is 32.2. The van der Waals surface area contributed by atoms with E-state index in [4.69, 9.17) is 0 Å². The summed E-state index contributed by atoms with van der Waals surface area (Å²) in [5.74, 6) is 3.98. The molecule has 2 fully saturated rings. The lowest BCUT2D eigenvalue weighted by Gasteiger charge is -2.44. The molecule has 10 heteroatoms. The quantitative estimate of drug-likeness (QED) is 0.535. The number of thiophene rings is 1. The number of hydrogen-bond donors (Lipinski definition) is 1. The standard InChI is InChI=1S/C27H31FN2O5S2/c1-27(2,3)14-13-20-15-22(25(36-20)26(32)33)30-23(18-7-5-4-6-8-18)16-29(17-24(30)31)37(34,35)21-11-9-19(28)10-12-21/h9-12,15,18,23H,4-8,16-17H2,1-3H3,(H,32,33).